The third kappa shape index (κ3) is 1.35. The summed E-state index contributed by atoms with van der Waals surface area (Å²) in [6.07, 6.45) is 1.82. The SMILES string of the molecule is CC[N+]1=C(N)C(CC)(CC)C(Cl)=N1. The summed E-state index contributed by atoms with van der Waals surface area (Å²) in [5.74, 6) is 0.796. The number of nitrogens with zero attached hydrogens (tertiary/aromatic N) is 2. The molecule has 3 nitrogen and oxygen atoms in total. The molecule has 2 N–H and O–H groups in total. The number of hydrogen-bond acceptors (Lipinski definition) is 2. The molecule has 0 aromatic rings. The molecule has 0 saturated heterocycles. The van der Waals surface area contributed by atoms with Crippen LogP contribution in [-0.4, -0.2) is 22.2 Å². The first-order chi connectivity index (χ1) is 6.12. The fourth-order valence-electron chi connectivity index (χ4n) is 1.75. The van der Waals surface area contributed by atoms with Crippen molar-refractivity contribution in [1.29, 1.82) is 0 Å². The molecular weight excluding hydrogens is 186 g/mol. The molecule has 4 heteroatoms. The summed E-state index contributed by atoms with van der Waals surface area (Å²) in [6.45, 7) is 6.98. The van der Waals surface area contributed by atoms with Crippen LogP contribution in [0.25, 0.3) is 0 Å². The van der Waals surface area contributed by atoms with Crippen molar-refractivity contribution in [1.82, 2.24) is 0 Å². The molecule has 0 unspecified atom stereocenters. The summed E-state index contributed by atoms with van der Waals surface area (Å²) in [7, 11) is 0. The van der Waals surface area contributed by atoms with Crippen LogP contribution in [0.4, 0.5) is 0 Å². The van der Waals surface area contributed by atoms with E-state index in [0.29, 0.717) is 5.17 Å². The van der Waals surface area contributed by atoms with Crippen molar-refractivity contribution in [3.8, 4) is 0 Å². The molecule has 74 valence electrons. The van der Waals surface area contributed by atoms with Gasteiger partial charge >= 0.3 is 0 Å². The van der Waals surface area contributed by atoms with Crippen LogP contribution >= 0.6 is 11.6 Å². The van der Waals surface area contributed by atoms with Crippen molar-refractivity contribution in [2.45, 2.75) is 33.6 Å². The predicted molar refractivity (Wildman–Crippen MR) is 56.3 cm³/mol. The Morgan fingerprint density at radius 2 is 1.92 bits per heavy atom. The lowest BCUT2D eigenvalue weighted by atomic mass is 9.82. The molecule has 0 atom stereocenters. The molecule has 0 radical (unpaired) electrons. The van der Waals surface area contributed by atoms with E-state index in [1.165, 1.54) is 0 Å². The van der Waals surface area contributed by atoms with Gasteiger partial charge in [-0.05, 0) is 19.8 Å². The molecule has 0 fully saturated rings. The zero-order valence-corrected chi connectivity index (χ0v) is 9.23. The lowest BCUT2D eigenvalue weighted by Gasteiger charge is -2.20. The fraction of sp³-hybridized carbons (Fsp3) is 0.778. The van der Waals surface area contributed by atoms with Gasteiger partial charge in [0.05, 0.1) is 0 Å². The van der Waals surface area contributed by atoms with E-state index in [4.69, 9.17) is 17.3 Å². The molecule has 13 heavy (non-hydrogen) atoms. The number of hydrogen-bond donors (Lipinski definition) is 1. The number of rotatable bonds is 3. The minimum Gasteiger partial charge on any atom is -0.288 e. The Hall–Kier alpha value is -0.570. The van der Waals surface area contributed by atoms with E-state index >= 15 is 0 Å². The second kappa shape index (κ2) is 3.66. The van der Waals surface area contributed by atoms with Gasteiger partial charge in [0.15, 0.2) is 5.17 Å². The molecule has 0 aromatic heterocycles. The first kappa shape index (κ1) is 10.5. The molecule has 0 aromatic carbocycles. The molecular formula is C9H17ClN3+. The minimum atomic E-state index is -0.197. The predicted octanol–water partition coefficient (Wildman–Crippen LogP) is 1.75. The van der Waals surface area contributed by atoms with E-state index < -0.39 is 0 Å². The van der Waals surface area contributed by atoms with Crippen LogP contribution in [0.5, 0.6) is 0 Å². The van der Waals surface area contributed by atoms with Crippen LogP contribution in [-0.2, 0) is 0 Å². The topological polar surface area (TPSA) is 41.4 Å². The first-order valence-electron chi connectivity index (χ1n) is 4.77. The van der Waals surface area contributed by atoms with Gasteiger partial charge in [-0.1, -0.05) is 30.5 Å². The average Bonchev–Trinajstić information content (AvgIpc) is 2.39. The van der Waals surface area contributed by atoms with Crippen LogP contribution in [0.15, 0.2) is 5.10 Å². The van der Waals surface area contributed by atoms with Crippen molar-refractivity contribution in [2.75, 3.05) is 6.54 Å². The zero-order valence-electron chi connectivity index (χ0n) is 8.47. The summed E-state index contributed by atoms with van der Waals surface area (Å²) in [6, 6.07) is 0. The lowest BCUT2D eigenvalue weighted by molar-refractivity contribution is -0.528. The molecule has 1 aliphatic heterocycles. The molecule has 0 aliphatic carbocycles. The van der Waals surface area contributed by atoms with Gasteiger partial charge in [-0.15, -0.1) is 4.68 Å². The first-order valence-corrected chi connectivity index (χ1v) is 5.15. The van der Waals surface area contributed by atoms with Gasteiger partial charge in [-0.25, -0.2) is 0 Å². The Morgan fingerprint density at radius 1 is 1.38 bits per heavy atom. The van der Waals surface area contributed by atoms with E-state index in [2.05, 4.69) is 18.9 Å². The van der Waals surface area contributed by atoms with E-state index in [0.717, 1.165) is 25.2 Å². The maximum Gasteiger partial charge on any atom is 0.281 e. The van der Waals surface area contributed by atoms with Crippen molar-refractivity contribution < 1.29 is 4.68 Å². The summed E-state index contributed by atoms with van der Waals surface area (Å²) < 4.78 is 1.79. The van der Waals surface area contributed by atoms with Gasteiger partial charge in [-0.2, -0.15) is 0 Å². The summed E-state index contributed by atoms with van der Waals surface area (Å²) in [4.78, 5) is 0. The molecule has 0 spiro atoms. The average molecular weight is 203 g/mol. The highest BCUT2D eigenvalue weighted by molar-refractivity contribution is 6.68. The molecule has 1 aliphatic rings. The summed E-state index contributed by atoms with van der Waals surface area (Å²) in [5, 5.41) is 4.87. The van der Waals surface area contributed by atoms with Gasteiger partial charge in [0.25, 0.3) is 5.84 Å². The smallest absolute Gasteiger partial charge is 0.281 e. The van der Waals surface area contributed by atoms with Gasteiger partial charge in [0.1, 0.15) is 12.0 Å². The Bertz CT molecular complexity index is 264. The highest BCUT2D eigenvalue weighted by Gasteiger charge is 2.46. The Kier molecular flexibility index (Phi) is 2.96. The normalized spacial score (nSPS) is 20.8. The van der Waals surface area contributed by atoms with Crippen molar-refractivity contribution in [3.05, 3.63) is 0 Å². The highest BCUT2D eigenvalue weighted by atomic mass is 35.5. The number of halogens is 1. The largest absolute Gasteiger partial charge is 0.288 e. The van der Waals surface area contributed by atoms with Crippen LogP contribution in [0.3, 0.4) is 0 Å². The van der Waals surface area contributed by atoms with Gasteiger partial charge in [0.2, 0.25) is 0 Å². The lowest BCUT2D eigenvalue weighted by Crippen LogP contribution is -2.41. The molecule has 1 rings (SSSR count). The monoisotopic (exact) mass is 202 g/mol. The van der Waals surface area contributed by atoms with Crippen LogP contribution in [0.2, 0.25) is 0 Å². The van der Waals surface area contributed by atoms with E-state index in [-0.39, 0.29) is 5.41 Å². The number of amidine groups is 1. The molecule has 1 heterocycles. The second-order valence-corrected chi connectivity index (χ2v) is 3.64. The maximum atomic E-state index is 6.11. The Balaban J connectivity index is 3.13. The maximum absolute atomic E-state index is 6.11. The van der Waals surface area contributed by atoms with Crippen molar-refractivity contribution in [2.24, 2.45) is 16.3 Å². The summed E-state index contributed by atoms with van der Waals surface area (Å²) >= 11 is 6.11. The van der Waals surface area contributed by atoms with E-state index in [1.54, 1.807) is 4.68 Å². The highest BCUT2D eigenvalue weighted by Crippen LogP contribution is 2.33. The fourth-order valence-corrected chi connectivity index (χ4v) is 2.21. The number of hydrazone groups is 1. The number of nitrogens with two attached hydrogens (primary N) is 1. The summed E-state index contributed by atoms with van der Waals surface area (Å²) in [5.41, 5.74) is 5.83. The van der Waals surface area contributed by atoms with Crippen LogP contribution < -0.4 is 5.73 Å². The van der Waals surface area contributed by atoms with Crippen molar-refractivity contribution >= 4 is 22.6 Å². The van der Waals surface area contributed by atoms with Gasteiger partial charge in [-0.3, -0.25) is 5.73 Å². The van der Waals surface area contributed by atoms with Crippen LogP contribution in [0.1, 0.15) is 33.6 Å². The second-order valence-electron chi connectivity index (χ2n) is 3.28. The van der Waals surface area contributed by atoms with E-state index in [9.17, 15) is 0 Å². The Labute approximate surface area is 84.3 Å². The van der Waals surface area contributed by atoms with E-state index in [1.807, 2.05) is 6.92 Å². The molecule has 0 amide bonds. The third-order valence-electron chi connectivity index (χ3n) is 2.88. The molecule has 0 bridgehead atoms. The van der Waals surface area contributed by atoms with Crippen LogP contribution in [0, 0.1) is 5.41 Å². The third-order valence-corrected chi connectivity index (χ3v) is 3.32. The van der Waals surface area contributed by atoms with Gasteiger partial charge in [0, 0.05) is 0 Å². The standard InChI is InChI=1S/C9H16ClN3/c1-4-9(5-2)7(10)12-13(6-3)8(9)11/h11H,4-6H2,1-3H3/p+1. The van der Waals surface area contributed by atoms with Crippen molar-refractivity contribution in [3.63, 3.8) is 0 Å². The quantitative estimate of drug-likeness (QED) is 0.697. The molecule has 0 saturated carbocycles. The van der Waals surface area contributed by atoms with Gasteiger partial charge < -0.3 is 0 Å². The minimum absolute atomic E-state index is 0.197. The zero-order chi connectivity index (χ0) is 10.1. The Morgan fingerprint density at radius 3 is 2.15 bits per heavy atom.